The van der Waals surface area contributed by atoms with Gasteiger partial charge in [-0.15, -0.1) is 5.10 Å². The number of rotatable bonds is 3. The SMILES string of the molecule is CC(C)(C)C(=O)CNC(=O)c1cnns1. The molecule has 5 nitrogen and oxygen atoms in total. The summed E-state index contributed by atoms with van der Waals surface area (Å²) in [4.78, 5) is 23.3. The van der Waals surface area contributed by atoms with Crippen LogP contribution < -0.4 is 5.32 Å². The molecule has 1 heterocycles. The summed E-state index contributed by atoms with van der Waals surface area (Å²) < 4.78 is 3.57. The highest BCUT2D eigenvalue weighted by Crippen LogP contribution is 2.13. The van der Waals surface area contributed by atoms with Crippen molar-refractivity contribution in [3.63, 3.8) is 0 Å². The van der Waals surface area contributed by atoms with Crippen molar-refractivity contribution in [2.24, 2.45) is 5.41 Å². The fourth-order valence-corrected chi connectivity index (χ4v) is 1.21. The second-order valence-corrected chi connectivity index (χ2v) is 4.92. The molecule has 0 saturated heterocycles. The van der Waals surface area contributed by atoms with Gasteiger partial charge in [-0.1, -0.05) is 25.3 Å². The maximum Gasteiger partial charge on any atom is 0.265 e. The van der Waals surface area contributed by atoms with Crippen LogP contribution in [0.5, 0.6) is 0 Å². The molecule has 1 aromatic heterocycles. The van der Waals surface area contributed by atoms with Gasteiger partial charge in [0.2, 0.25) is 0 Å². The van der Waals surface area contributed by atoms with Crippen LogP contribution in [0.15, 0.2) is 6.20 Å². The molecule has 0 saturated carbocycles. The van der Waals surface area contributed by atoms with Gasteiger partial charge in [-0.05, 0) is 11.5 Å². The van der Waals surface area contributed by atoms with Crippen LogP contribution in [0.1, 0.15) is 30.4 Å². The van der Waals surface area contributed by atoms with E-state index in [1.54, 1.807) is 0 Å². The minimum absolute atomic E-state index is 0.00618. The number of amides is 1. The quantitative estimate of drug-likeness (QED) is 0.832. The molecule has 1 amide bonds. The summed E-state index contributed by atoms with van der Waals surface area (Å²) in [5.41, 5.74) is -0.431. The Bertz CT molecular complexity index is 354. The lowest BCUT2D eigenvalue weighted by atomic mass is 9.91. The van der Waals surface area contributed by atoms with Gasteiger partial charge in [-0.2, -0.15) is 0 Å². The van der Waals surface area contributed by atoms with Gasteiger partial charge in [0.15, 0.2) is 5.78 Å². The number of carbonyl (C=O) groups is 2. The van der Waals surface area contributed by atoms with Gasteiger partial charge < -0.3 is 5.32 Å². The van der Waals surface area contributed by atoms with Gasteiger partial charge in [0.05, 0.1) is 12.7 Å². The van der Waals surface area contributed by atoms with E-state index < -0.39 is 5.41 Å². The van der Waals surface area contributed by atoms with E-state index in [0.717, 1.165) is 11.5 Å². The first kappa shape index (κ1) is 11.8. The van der Waals surface area contributed by atoms with Crippen LogP contribution in [0.25, 0.3) is 0 Å². The standard InChI is InChI=1S/C9H13N3O2S/c1-9(2,3)7(13)5-10-8(14)6-4-11-12-15-6/h4H,5H2,1-3H3,(H,10,14). The maximum absolute atomic E-state index is 11.5. The smallest absolute Gasteiger partial charge is 0.265 e. The number of nitrogens with one attached hydrogen (secondary N) is 1. The molecule has 0 aliphatic carbocycles. The molecule has 0 atom stereocenters. The lowest BCUT2D eigenvalue weighted by Crippen LogP contribution is -2.35. The summed E-state index contributed by atoms with van der Waals surface area (Å²) in [6.07, 6.45) is 1.38. The van der Waals surface area contributed by atoms with Gasteiger partial charge in [0, 0.05) is 5.41 Å². The van der Waals surface area contributed by atoms with Crippen LogP contribution in [0, 0.1) is 5.41 Å². The first-order valence-corrected chi connectivity index (χ1v) is 5.27. The van der Waals surface area contributed by atoms with Gasteiger partial charge in [-0.25, -0.2) is 0 Å². The van der Waals surface area contributed by atoms with Crippen molar-refractivity contribution in [3.8, 4) is 0 Å². The Hall–Kier alpha value is -1.30. The predicted molar refractivity (Wildman–Crippen MR) is 56.7 cm³/mol. The molecule has 0 fully saturated rings. The zero-order valence-electron chi connectivity index (χ0n) is 8.90. The Labute approximate surface area is 92.0 Å². The first-order valence-electron chi connectivity index (χ1n) is 4.50. The number of ketones is 1. The maximum atomic E-state index is 11.5. The van der Waals surface area contributed by atoms with Crippen molar-refractivity contribution in [2.45, 2.75) is 20.8 Å². The molecule has 0 aliphatic rings. The fraction of sp³-hybridized carbons (Fsp3) is 0.556. The highest BCUT2D eigenvalue weighted by molar-refractivity contribution is 7.07. The average Bonchev–Trinajstić information content (AvgIpc) is 2.64. The zero-order chi connectivity index (χ0) is 11.5. The topological polar surface area (TPSA) is 72.0 Å². The third-order valence-electron chi connectivity index (χ3n) is 1.83. The average molecular weight is 227 g/mol. The minimum Gasteiger partial charge on any atom is -0.344 e. The normalized spacial score (nSPS) is 11.1. The highest BCUT2D eigenvalue weighted by atomic mass is 32.1. The Kier molecular flexibility index (Phi) is 3.52. The van der Waals surface area contributed by atoms with E-state index in [2.05, 4.69) is 14.9 Å². The molecule has 82 valence electrons. The number of nitrogens with zero attached hydrogens (tertiary/aromatic N) is 2. The van der Waals surface area contributed by atoms with Crippen molar-refractivity contribution in [1.82, 2.24) is 14.9 Å². The summed E-state index contributed by atoms with van der Waals surface area (Å²) in [7, 11) is 0. The lowest BCUT2D eigenvalue weighted by molar-refractivity contribution is -0.125. The van der Waals surface area contributed by atoms with Crippen molar-refractivity contribution in [2.75, 3.05) is 6.54 Å². The Balaban J connectivity index is 2.45. The van der Waals surface area contributed by atoms with Crippen LogP contribution in [0.3, 0.4) is 0 Å². The van der Waals surface area contributed by atoms with Crippen LogP contribution in [-0.4, -0.2) is 27.8 Å². The molecule has 1 rings (SSSR count). The molecule has 0 aromatic carbocycles. The van der Waals surface area contributed by atoms with Crippen molar-refractivity contribution in [1.29, 1.82) is 0 Å². The number of hydrogen-bond acceptors (Lipinski definition) is 5. The Morgan fingerprint density at radius 2 is 2.13 bits per heavy atom. The predicted octanol–water partition coefficient (Wildman–Crippen LogP) is 0.883. The summed E-state index contributed by atoms with van der Waals surface area (Å²) in [5, 5.41) is 6.08. The van der Waals surface area contributed by atoms with Crippen LogP contribution in [0.4, 0.5) is 0 Å². The second kappa shape index (κ2) is 4.48. The molecule has 15 heavy (non-hydrogen) atoms. The van der Waals surface area contributed by atoms with Gasteiger partial charge >= 0.3 is 0 Å². The zero-order valence-corrected chi connectivity index (χ0v) is 9.72. The molecular formula is C9H13N3O2S. The Morgan fingerprint density at radius 1 is 1.47 bits per heavy atom. The monoisotopic (exact) mass is 227 g/mol. The summed E-state index contributed by atoms with van der Waals surface area (Å²) in [6.45, 7) is 5.49. The van der Waals surface area contributed by atoms with Crippen molar-refractivity contribution < 1.29 is 9.59 Å². The lowest BCUT2D eigenvalue weighted by Gasteiger charge is -2.16. The fourth-order valence-electron chi connectivity index (χ4n) is 0.780. The molecule has 0 bridgehead atoms. The highest BCUT2D eigenvalue weighted by Gasteiger charge is 2.21. The van der Waals surface area contributed by atoms with E-state index in [0.29, 0.717) is 4.88 Å². The third kappa shape index (κ3) is 3.39. The van der Waals surface area contributed by atoms with Gasteiger partial charge in [0.1, 0.15) is 4.88 Å². The summed E-state index contributed by atoms with van der Waals surface area (Å²) in [6, 6.07) is 0. The number of Topliss-reactive ketones (excluding diaryl/α,β-unsaturated/α-hetero) is 1. The van der Waals surface area contributed by atoms with Crippen LogP contribution in [-0.2, 0) is 4.79 Å². The molecule has 1 aromatic rings. The molecule has 1 N–H and O–H groups in total. The van der Waals surface area contributed by atoms with E-state index in [-0.39, 0.29) is 18.2 Å². The van der Waals surface area contributed by atoms with E-state index in [1.165, 1.54) is 6.20 Å². The van der Waals surface area contributed by atoms with Crippen LogP contribution >= 0.6 is 11.5 Å². The minimum atomic E-state index is -0.431. The van der Waals surface area contributed by atoms with E-state index >= 15 is 0 Å². The van der Waals surface area contributed by atoms with E-state index in [9.17, 15) is 9.59 Å². The molecule has 0 spiro atoms. The molecule has 0 radical (unpaired) electrons. The first-order chi connectivity index (χ1) is 6.91. The summed E-state index contributed by atoms with van der Waals surface area (Å²) in [5.74, 6) is -0.309. The third-order valence-corrected chi connectivity index (χ3v) is 2.49. The van der Waals surface area contributed by atoms with E-state index in [4.69, 9.17) is 0 Å². The number of hydrogen-bond donors (Lipinski definition) is 1. The number of aromatic nitrogens is 2. The molecule has 0 aliphatic heterocycles. The largest absolute Gasteiger partial charge is 0.344 e. The number of carbonyl (C=O) groups excluding carboxylic acids is 2. The molecular weight excluding hydrogens is 214 g/mol. The van der Waals surface area contributed by atoms with Crippen molar-refractivity contribution in [3.05, 3.63) is 11.1 Å². The molecule has 6 heteroatoms. The van der Waals surface area contributed by atoms with E-state index in [1.807, 2.05) is 20.8 Å². The van der Waals surface area contributed by atoms with Crippen LogP contribution in [0.2, 0.25) is 0 Å². The summed E-state index contributed by atoms with van der Waals surface area (Å²) >= 11 is 1.01. The van der Waals surface area contributed by atoms with Gasteiger partial charge in [-0.3, -0.25) is 9.59 Å². The van der Waals surface area contributed by atoms with Gasteiger partial charge in [0.25, 0.3) is 5.91 Å². The second-order valence-electron chi connectivity index (χ2n) is 4.14. The van der Waals surface area contributed by atoms with Crippen molar-refractivity contribution >= 4 is 23.2 Å². The molecule has 0 unspecified atom stereocenters. The Morgan fingerprint density at radius 3 is 2.60 bits per heavy atom.